The minimum Gasteiger partial charge on any atom is -0.331 e. The maximum atomic E-state index is 11.9. The molecule has 0 spiro atoms. The Balaban J connectivity index is 1.92. The fourth-order valence-electron chi connectivity index (χ4n) is 1.68. The van der Waals surface area contributed by atoms with Crippen molar-refractivity contribution in [2.24, 2.45) is 5.73 Å². The summed E-state index contributed by atoms with van der Waals surface area (Å²) in [5, 5.41) is 0. The SMILES string of the molecule is N[C@H](Cc1ccncc1)C(=O)N1CCSC1. The Labute approximate surface area is 99.2 Å². The van der Waals surface area contributed by atoms with E-state index >= 15 is 0 Å². The van der Waals surface area contributed by atoms with E-state index in [-0.39, 0.29) is 5.91 Å². The smallest absolute Gasteiger partial charge is 0.240 e. The van der Waals surface area contributed by atoms with Crippen molar-refractivity contribution in [2.75, 3.05) is 18.2 Å². The van der Waals surface area contributed by atoms with Crippen LogP contribution in [0.2, 0.25) is 0 Å². The van der Waals surface area contributed by atoms with Gasteiger partial charge in [0.1, 0.15) is 0 Å². The topological polar surface area (TPSA) is 59.2 Å². The molecular formula is C11H15N3OS. The number of carbonyl (C=O) groups is 1. The zero-order valence-electron chi connectivity index (χ0n) is 9.00. The molecule has 2 rings (SSSR count). The van der Waals surface area contributed by atoms with Crippen molar-refractivity contribution < 1.29 is 4.79 Å². The van der Waals surface area contributed by atoms with E-state index < -0.39 is 6.04 Å². The van der Waals surface area contributed by atoms with Gasteiger partial charge in [0, 0.05) is 24.7 Å². The van der Waals surface area contributed by atoms with Crippen LogP contribution in [0.15, 0.2) is 24.5 Å². The van der Waals surface area contributed by atoms with Crippen molar-refractivity contribution in [3.8, 4) is 0 Å². The first-order chi connectivity index (χ1) is 7.77. The summed E-state index contributed by atoms with van der Waals surface area (Å²) in [6.45, 7) is 0.827. The number of hydrogen-bond donors (Lipinski definition) is 1. The molecule has 1 atom stereocenters. The maximum Gasteiger partial charge on any atom is 0.240 e. The van der Waals surface area contributed by atoms with Crippen LogP contribution in [0.1, 0.15) is 5.56 Å². The molecule has 1 aliphatic rings. The number of amides is 1. The standard InChI is InChI=1S/C11H15N3OS/c12-10(7-9-1-3-13-4-2-9)11(15)14-5-6-16-8-14/h1-4,10H,5-8,12H2/t10-/m1/s1. The van der Waals surface area contributed by atoms with E-state index in [9.17, 15) is 4.79 Å². The molecule has 16 heavy (non-hydrogen) atoms. The molecule has 0 aliphatic carbocycles. The van der Waals surface area contributed by atoms with Crippen molar-refractivity contribution in [3.63, 3.8) is 0 Å². The first kappa shape index (κ1) is 11.4. The third-order valence-electron chi connectivity index (χ3n) is 2.59. The predicted octanol–water partition coefficient (Wildman–Crippen LogP) is 0.484. The van der Waals surface area contributed by atoms with Crippen LogP contribution >= 0.6 is 11.8 Å². The van der Waals surface area contributed by atoms with Gasteiger partial charge >= 0.3 is 0 Å². The molecule has 4 nitrogen and oxygen atoms in total. The molecule has 5 heteroatoms. The third kappa shape index (κ3) is 2.74. The van der Waals surface area contributed by atoms with E-state index in [4.69, 9.17) is 5.73 Å². The highest BCUT2D eigenvalue weighted by molar-refractivity contribution is 7.99. The van der Waals surface area contributed by atoms with Gasteiger partial charge in [-0.05, 0) is 24.1 Å². The number of aromatic nitrogens is 1. The summed E-state index contributed by atoms with van der Waals surface area (Å²) in [6, 6.07) is 3.36. The Hall–Kier alpha value is -1.07. The first-order valence-electron chi connectivity index (χ1n) is 5.28. The molecule has 1 amide bonds. The monoisotopic (exact) mass is 237 g/mol. The van der Waals surface area contributed by atoms with Crippen LogP contribution in [-0.4, -0.2) is 40.0 Å². The molecule has 1 fully saturated rings. The van der Waals surface area contributed by atoms with E-state index in [1.165, 1.54) is 0 Å². The molecule has 1 aromatic heterocycles. The van der Waals surface area contributed by atoms with Gasteiger partial charge in [0.05, 0.1) is 11.9 Å². The van der Waals surface area contributed by atoms with Gasteiger partial charge in [0.2, 0.25) is 5.91 Å². The summed E-state index contributed by atoms with van der Waals surface area (Å²) in [5.74, 6) is 1.86. The fourth-order valence-corrected chi connectivity index (χ4v) is 2.64. The lowest BCUT2D eigenvalue weighted by molar-refractivity contribution is -0.131. The van der Waals surface area contributed by atoms with Crippen LogP contribution in [0.25, 0.3) is 0 Å². The second kappa shape index (κ2) is 5.32. The minimum absolute atomic E-state index is 0.0572. The summed E-state index contributed by atoms with van der Waals surface area (Å²) in [6.07, 6.45) is 4.03. The molecule has 0 radical (unpaired) electrons. The van der Waals surface area contributed by atoms with E-state index in [1.807, 2.05) is 17.0 Å². The quantitative estimate of drug-likeness (QED) is 0.831. The van der Waals surface area contributed by atoms with E-state index in [1.54, 1.807) is 24.2 Å². The van der Waals surface area contributed by atoms with Crippen LogP contribution in [0.4, 0.5) is 0 Å². The second-order valence-electron chi connectivity index (χ2n) is 3.81. The lowest BCUT2D eigenvalue weighted by Gasteiger charge is -2.19. The number of carbonyl (C=O) groups excluding carboxylic acids is 1. The number of hydrogen-bond acceptors (Lipinski definition) is 4. The van der Waals surface area contributed by atoms with Gasteiger partial charge in [-0.3, -0.25) is 9.78 Å². The van der Waals surface area contributed by atoms with Crippen molar-refractivity contribution in [3.05, 3.63) is 30.1 Å². The molecule has 1 aromatic rings. The summed E-state index contributed by atoms with van der Waals surface area (Å²) >= 11 is 1.77. The van der Waals surface area contributed by atoms with E-state index in [2.05, 4.69) is 4.98 Å². The average molecular weight is 237 g/mol. The van der Waals surface area contributed by atoms with Gasteiger partial charge < -0.3 is 10.6 Å². The number of pyridine rings is 1. The van der Waals surface area contributed by atoms with Gasteiger partial charge in [-0.15, -0.1) is 11.8 Å². The molecule has 0 aromatic carbocycles. The molecule has 2 heterocycles. The Morgan fingerprint density at radius 3 is 2.94 bits per heavy atom. The Morgan fingerprint density at radius 2 is 2.31 bits per heavy atom. The lowest BCUT2D eigenvalue weighted by atomic mass is 10.1. The van der Waals surface area contributed by atoms with Crippen LogP contribution in [0.5, 0.6) is 0 Å². The summed E-state index contributed by atoms with van der Waals surface area (Å²) in [4.78, 5) is 17.7. The molecule has 0 bridgehead atoms. The van der Waals surface area contributed by atoms with Gasteiger partial charge in [-0.2, -0.15) is 0 Å². The molecule has 0 saturated carbocycles. The molecule has 2 N–H and O–H groups in total. The van der Waals surface area contributed by atoms with Gasteiger partial charge in [-0.25, -0.2) is 0 Å². The second-order valence-corrected chi connectivity index (χ2v) is 4.88. The average Bonchev–Trinajstić information content (AvgIpc) is 2.83. The Kier molecular flexibility index (Phi) is 3.79. The highest BCUT2D eigenvalue weighted by Crippen LogP contribution is 2.14. The first-order valence-corrected chi connectivity index (χ1v) is 6.44. The van der Waals surface area contributed by atoms with Crippen molar-refractivity contribution in [1.82, 2.24) is 9.88 Å². The van der Waals surface area contributed by atoms with Gasteiger partial charge in [0.15, 0.2) is 0 Å². The highest BCUT2D eigenvalue weighted by atomic mass is 32.2. The minimum atomic E-state index is -0.430. The van der Waals surface area contributed by atoms with Crippen molar-refractivity contribution in [1.29, 1.82) is 0 Å². The largest absolute Gasteiger partial charge is 0.331 e. The van der Waals surface area contributed by atoms with Crippen LogP contribution < -0.4 is 5.73 Å². The third-order valence-corrected chi connectivity index (χ3v) is 3.55. The fraction of sp³-hybridized carbons (Fsp3) is 0.455. The molecule has 1 saturated heterocycles. The van der Waals surface area contributed by atoms with Crippen LogP contribution in [0.3, 0.4) is 0 Å². The molecular weight excluding hydrogens is 222 g/mol. The number of nitrogens with zero attached hydrogens (tertiary/aromatic N) is 2. The van der Waals surface area contributed by atoms with E-state index in [0.717, 1.165) is 23.7 Å². The van der Waals surface area contributed by atoms with Crippen LogP contribution in [-0.2, 0) is 11.2 Å². The molecule has 86 valence electrons. The van der Waals surface area contributed by atoms with Crippen molar-refractivity contribution >= 4 is 17.7 Å². The summed E-state index contributed by atoms with van der Waals surface area (Å²) in [5.41, 5.74) is 6.97. The number of nitrogens with two attached hydrogens (primary N) is 1. The summed E-state index contributed by atoms with van der Waals surface area (Å²) < 4.78 is 0. The lowest BCUT2D eigenvalue weighted by Crippen LogP contribution is -2.43. The zero-order valence-corrected chi connectivity index (χ0v) is 9.82. The van der Waals surface area contributed by atoms with Gasteiger partial charge in [0.25, 0.3) is 0 Å². The Bertz CT molecular complexity index is 352. The summed E-state index contributed by atoms with van der Waals surface area (Å²) in [7, 11) is 0. The molecule has 0 unspecified atom stereocenters. The number of thioether (sulfide) groups is 1. The normalized spacial score (nSPS) is 17.4. The molecule has 1 aliphatic heterocycles. The Morgan fingerprint density at radius 1 is 1.56 bits per heavy atom. The predicted molar refractivity (Wildman–Crippen MR) is 65.0 cm³/mol. The van der Waals surface area contributed by atoms with Gasteiger partial charge in [-0.1, -0.05) is 0 Å². The van der Waals surface area contributed by atoms with E-state index in [0.29, 0.717) is 6.42 Å². The maximum absolute atomic E-state index is 11.9. The number of rotatable bonds is 3. The van der Waals surface area contributed by atoms with Crippen LogP contribution in [0, 0.1) is 0 Å². The van der Waals surface area contributed by atoms with Crippen molar-refractivity contribution in [2.45, 2.75) is 12.5 Å². The zero-order chi connectivity index (χ0) is 11.4. The highest BCUT2D eigenvalue weighted by Gasteiger charge is 2.23.